The van der Waals surface area contributed by atoms with E-state index in [0.29, 0.717) is 13.0 Å². The van der Waals surface area contributed by atoms with Crippen molar-refractivity contribution in [3.8, 4) is 0 Å². The van der Waals surface area contributed by atoms with E-state index in [9.17, 15) is 4.79 Å². The molecule has 1 unspecified atom stereocenters. The average Bonchev–Trinajstić information content (AvgIpc) is 2.37. The van der Waals surface area contributed by atoms with Crippen LogP contribution in [-0.2, 0) is 9.53 Å². The quantitative estimate of drug-likeness (QED) is 0.782. The summed E-state index contributed by atoms with van der Waals surface area (Å²) in [7, 11) is 3.40. The van der Waals surface area contributed by atoms with Gasteiger partial charge in [-0.15, -0.1) is 0 Å². The van der Waals surface area contributed by atoms with Crippen molar-refractivity contribution >= 4 is 11.6 Å². The van der Waals surface area contributed by atoms with Crippen molar-refractivity contribution in [2.24, 2.45) is 5.73 Å². The van der Waals surface area contributed by atoms with Gasteiger partial charge in [-0.25, -0.2) is 0 Å². The highest BCUT2D eigenvalue weighted by atomic mass is 16.5. The molecule has 0 radical (unpaired) electrons. The zero-order chi connectivity index (χ0) is 13.5. The number of benzene rings is 1. The monoisotopic (exact) mass is 250 g/mol. The molecule has 0 saturated heterocycles. The Morgan fingerprint density at radius 3 is 2.83 bits per heavy atom. The maximum Gasteiger partial charge on any atom is 0.243 e. The number of carbonyl (C=O) groups excluding carboxylic acids is 1. The number of nitrogens with zero attached hydrogens (tertiary/aromatic N) is 1. The molecular formula is C14H22N2O2. The third-order valence-electron chi connectivity index (χ3n) is 2.90. The summed E-state index contributed by atoms with van der Waals surface area (Å²) in [6.07, 6.45) is 1.44. The van der Waals surface area contributed by atoms with Crippen LogP contribution in [0.2, 0.25) is 0 Å². The summed E-state index contributed by atoms with van der Waals surface area (Å²) in [4.78, 5) is 13.7. The molecule has 0 fully saturated rings. The van der Waals surface area contributed by atoms with E-state index in [4.69, 9.17) is 10.5 Å². The van der Waals surface area contributed by atoms with Crippen molar-refractivity contribution in [2.45, 2.75) is 25.8 Å². The molecule has 0 aliphatic rings. The van der Waals surface area contributed by atoms with Crippen molar-refractivity contribution in [3.63, 3.8) is 0 Å². The summed E-state index contributed by atoms with van der Waals surface area (Å²) >= 11 is 0. The van der Waals surface area contributed by atoms with Crippen molar-refractivity contribution in [3.05, 3.63) is 29.8 Å². The standard InChI is InChI=1S/C14H22N2O2/c1-11-6-4-7-12(10-11)16(2)14(17)13(15)8-5-9-18-3/h4,6-7,10,13H,5,8-9,15H2,1-3H3. The molecule has 4 nitrogen and oxygen atoms in total. The number of hydrogen-bond acceptors (Lipinski definition) is 3. The fourth-order valence-electron chi connectivity index (χ4n) is 1.78. The Kier molecular flexibility index (Phi) is 5.82. The first-order chi connectivity index (χ1) is 8.56. The Hall–Kier alpha value is -1.39. The van der Waals surface area contributed by atoms with Gasteiger partial charge in [0, 0.05) is 26.5 Å². The lowest BCUT2D eigenvalue weighted by Crippen LogP contribution is -2.42. The van der Waals surface area contributed by atoms with E-state index in [1.807, 2.05) is 31.2 Å². The Bertz CT molecular complexity index is 393. The van der Waals surface area contributed by atoms with Gasteiger partial charge in [0.2, 0.25) is 5.91 Å². The molecule has 0 saturated carbocycles. The molecule has 0 spiro atoms. The number of amides is 1. The zero-order valence-electron chi connectivity index (χ0n) is 11.3. The molecule has 0 aliphatic heterocycles. The van der Waals surface area contributed by atoms with E-state index < -0.39 is 6.04 Å². The minimum atomic E-state index is -0.467. The van der Waals surface area contributed by atoms with Crippen molar-refractivity contribution in [1.29, 1.82) is 0 Å². The lowest BCUT2D eigenvalue weighted by atomic mass is 10.1. The molecule has 100 valence electrons. The number of carbonyl (C=O) groups is 1. The number of anilines is 1. The van der Waals surface area contributed by atoms with Crippen LogP contribution in [0.4, 0.5) is 5.69 Å². The number of nitrogens with two attached hydrogens (primary N) is 1. The number of hydrogen-bond donors (Lipinski definition) is 1. The van der Waals surface area contributed by atoms with Crippen LogP contribution in [0.3, 0.4) is 0 Å². The van der Waals surface area contributed by atoms with Gasteiger partial charge in [-0.2, -0.15) is 0 Å². The van der Waals surface area contributed by atoms with Gasteiger partial charge in [-0.05, 0) is 37.5 Å². The molecule has 0 aliphatic carbocycles. The molecule has 1 rings (SSSR count). The maximum atomic E-state index is 12.1. The predicted molar refractivity (Wildman–Crippen MR) is 73.7 cm³/mol. The number of aryl methyl sites for hydroxylation is 1. The van der Waals surface area contributed by atoms with Gasteiger partial charge in [-0.3, -0.25) is 4.79 Å². The SMILES string of the molecule is COCCCC(N)C(=O)N(C)c1cccc(C)c1. The molecule has 0 heterocycles. The summed E-state index contributed by atoms with van der Waals surface area (Å²) in [6.45, 7) is 2.63. The maximum absolute atomic E-state index is 12.1. The molecule has 0 bridgehead atoms. The van der Waals surface area contributed by atoms with Gasteiger partial charge in [0.05, 0.1) is 6.04 Å². The molecule has 4 heteroatoms. The topological polar surface area (TPSA) is 55.6 Å². The second-order valence-electron chi connectivity index (χ2n) is 4.48. The summed E-state index contributed by atoms with van der Waals surface area (Å²) in [5.74, 6) is -0.0586. The highest BCUT2D eigenvalue weighted by Gasteiger charge is 2.18. The van der Waals surface area contributed by atoms with Crippen LogP contribution >= 0.6 is 0 Å². The van der Waals surface area contributed by atoms with Crippen LogP contribution in [-0.4, -0.2) is 32.7 Å². The van der Waals surface area contributed by atoms with Crippen LogP contribution in [0, 0.1) is 6.92 Å². The molecule has 0 aromatic heterocycles. The van der Waals surface area contributed by atoms with Gasteiger partial charge < -0.3 is 15.4 Å². The Balaban J connectivity index is 2.60. The average molecular weight is 250 g/mol. The molecule has 1 aromatic carbocycles. The molecule has 1 atom stereocenters. The number of rotatable bonds is 6. The minimum absolute atomic E-state index is 0.0586. The third kappa shape index (κ3) is 4.13. The Labute approximate surface area is 109 Å². The van der Waals surface area contributed by atoms with E-state index in [2.05, 4.69) is 0 Å². The van der Waals surface area contributed by atoms with E-state index in [1.165, 1.54) is 0 Å². The van der Waals surface area contributed by atoms with Gasteiger partial charge in [0.1, 0.15) is 0 Å². The molecule has 2 N–H and O–H groups in total. The van der Waals surface area contributed by atoms with Gasteiger partial charge in [0.25, 0.3) is 0 Å². The van der Waals surface area contributed by atoms with Crippen molar-refractivity contribution < 1.29 is 9.53 Å². The van der Waals surface area contributed by atoms with Crippen LogP contribution in [0.25, 0.3) is 0 Å². The molecule has 18 heavy (non-hydrogen) atoms. The summed E-state index contributed by atoms with van der Waals surface area (Å²) in [5.41, 5.74) is 7.89. The van der Waals surface area contributed by atoms with Gasteiger partial charge in [-0.1, -0.05) is 12.1 Å². The predicted octanol–water partition coefficient (Wildman–Crippen LogP) is 1.71. The lowest BCUT2D eigenvalue weighted by molar-refractivity contribution is -0.119. The molecule has 1 amide bonds. The first-order valence-corrected chi connectivity index (χ1v) is 6.15. The normalized spacial score (nSPS) is 12.2. The van der Waals surface area contributed by atoms with Crippen LogP contribution in [0.5, 0.6) is 0 Å². The van der Waals surface area contributed by atoms with E-state index in [0.717, 1.165) is 17.7 Å². The van der Waals surface area contributed by atoms with Crippen LogP contribution in [0.15, 0.2) is 24.3 Å². The number of ether oxygens (including phenoxy) is 1. The van der Waals surface area contributed by atoms with Crippen molar-refractivity contribution in [2.75, 3.05) is 25.7 Å². The summed E-state index contributed by atoms with van der Waals surface area (Å²) in [5, 5.41) is 0. The summed E-state index contributed by atoms with van der Waals surface area (Å²) in [6, 6.07) is 7.35. The second kappa shape index (κ2) is 7.13. The fourth-order valence-corrected chi connectivity index (χ4v) is 1.78. The smallest absolute Gasteiger partial charge is 0.243 e. The minimum Gasteiger partial charge on any atom is -0.385 e. The first kappa shape index (κ1) is 14.7. The van der Waals surface area contributed by atoms with Crippen LogP contribution < -0.4 is 10.6 Å². The van der Waals surface area contributed by atoms with Gasteiger partial charge in [0.15, 0.2) is 0 Å². The highest BCUT2D eigenvalue weighted by Crippen LogP contribution is 2.15. The molecule has 1 aromatic rings. The second-order valence-corrected chi connectivity index (χ2v) is 4.48. The Morgan fingerprint density at radius 2 is 2.22 bits per heavy atom. The van der Waals surface area contributed by atoms with E-state index in [-0.39, 0.29) is 5.91 Å². The van der Waals surface area contributed by atoms with Crippen LogP contribution in [0.1, 0.15) is 18.4 Å². The first-order valence-electron chi connectivity index (χ1n) is 6.15. The van der Waals surface area contributed by atoms with Gasteiger partial charge >= 0.3 is 0 Å². The molecular weight excluding hydrogens is 228 g/mol. The third-order valence-corrected chi connectivity index (χ3v) is 2.90. The van der Waals surface area contributed by atoms with Crippen molar-refractivity contribution in [1.82, 2.24) is 0 Å². The zero-order valence-corrected chi connectivity index (χ0v) is 11.3. The van der Waals surface area contributed by atoms with E-state index >= 15 is 0 Å². The Morgan fingerprint density at radius 1 is 1.50 bits per heavy atom. The highest BCUT2D eigenvalue weighted by molar-refractivity contribution is 5.96. The summed E-state index contributed by atoms with van der Waals surface area (Å²) < 4.78 is 4.95. The number of likely N-dealkylation sites (N-methyl/N-ethyl adjacent to an activating group) is 1. The largest absolute Gasteiger partial charge is 0.385 e. The lowest BCUT2D eigenvalue weighted by Gasteiger charge is -2.21. The fraction of sp³-hybridized carbons (Fsp3) is 0.500. The van der Waals surface area contributed by atoms with E-state index in [1.54, 1.807) is 19.1 Å². The number of methoxy groups -OCH3 is 1.